The van der Waals surface area contributed by atoms with Crippen LogP contribution in [0.25, 0.3) is 0 Å². The van der Waals surface area contributed by atoms with Gasteiger partial charge in [-0.15, -0.1) is 0 Å². The largest absolute Gasteiger partial charge is 0.341 e. The van der Waals surface area contributed by atoms with Crippen molar-refractivity contribution in [3.8, 4) is 0 Å². The van der Waals surface area contributed by atoms with Crippen molar-refractivity contribution < 1.29 is 4.79 Å². The first kappa shape index (κ1) is 14.8. The second-order valence-corrected chi connectivity index (χ2v) is 6.30. The minimum absolute atomic E-state index is 0.373. The van der Waals surface area contributed by atoms with E-state index in [1.165, 1.54) is 6.42 Å². The predicted molar refractivity (Wildman–Crippen MR) is 78.1 cm³/mol. The second kappa shape index (κ2) is 7.25. The van der Waals surface area contributed by atoms with Gasteiger partial charge in [-0.05, 0) is 24.7 Å². The highest BCUT2D eigenvalue weighted by Crippen LogP contribution is 2.24. The van der Waals surface area contributed by atoms with E-state index in [0.29, 0.717) is 11.8 Å². The summed E-state index contributed by atoms with van der Waals surface area (Å²) in [4.78, 5) is 16.7. The molecule has 2 rings (SSSR count). The summed E-state index contributed by atoms with van der Waals surface area (Å²) in [5, 5.41) is 3.37. The molecule has 4 nitrogen and oxygen atoms in total. The highest BCUT2D eigenvalue weighted by Gasteiger charge is 2.24. The molecule has 0 aromatic carbocycles. The van der Waals surface area contributed by atoms with Crippen LogP contribution in [0.4, 0.5) is 0 Å². The Balaban J connectivity index is 1.77. The van der Waals surface area contributed by atoms with E-state index in [4.69, 9.17) is 0 Å². The third-order valence-electron chi connectivity index (χ3n) is 4.69. The summed E-state index contributed by atoms with van der Waals surface area (Å²) in [5.41, 5.74) is 0. The monoisotopic (exact) mass is 267 g/mol. The van der Waals surface area contributed by atoms with Crippen LogP contribution in [0.5, 0.6) is 0 Å². The molecular formula is C15H29N3O. The molecule has 19 heavy (non-hydrogen) atoms. The van der Waals surface area contributed by atoms with Gasteiger partial charge in [0.25, 0.3) is 0 Å². The van der Waals surface area contributed by atoms with E-state index in [-0.39, 0.29) is 0 Å². The Morgan fingerprint density at radius 1 is 1.16 bits per heavy atom. The maximum atomic E-state index is 12.2. The lowest BCUT2D eigenvalue weighted by Crippen LogP contribution is -2.47. The van der Waals surface area contributed by atoms with E-state index in [0.717, 1.165) is 64.6 Å². The number of nitrogens with zero attached hydrogens (tertiary/aromatic N) is 2. The molecule has 2 heterocycles. The Morgan fingerprint density at radius 2 is 1.89 bits per heavy atom. The molecular weight excluding hydrogens is 238 g/mol. The average molecular weight is 267 g/mol. The van der Waals surface area contributed by atoms with Gasteiger partial charge in [0.15, 0.2) is 0 Å². The third-order valence-corrected chi connectivity index (χ3v) is 4.69. The third kappa shape index (κ3) is 4.46. The molecule has 0 bridgehead atoms. The zero-order valence-electron chi connectivity index (χ0n) is 12.5. The van der Waals surface area contributed by atoms with Crippen molar-refractivity contribution in [2.45, 2.75) is 33.1 Å². The molecule has 1 unspecified atom stereocenters. The van der Waals surface area contributed by atoms with Gasteiger partial charge in [-0.2, -0.15) is 0 Å². The molecule has 4 heteroatoms. The Kier molecular flexibility index (Phi) is 5.64. The minimum atomic E-state index is 0.373. The number of hydrogen-bond acceptors (Lipinski definition) is 3. The first-order valence-electron chi connectivity index (χ1n) is 7.87. The molecule has 0 radical (unpaired) electrons. The number of carbonyl (C=O) groups is 1. The molecule has 2 fully saturated rings. The van der Waals surface area contributed by atoms with E-state index < -0.39 is 0 Å². The van der Waals surface area contributed by atoms with Gasteiger partial charge in [-0.25, -0.2) is 0 Å². The SMILES string of the molecule is CC(C)C1CCC(=O)N(CCN2CCNCC2)CC1. The van der Waals surface area contributed by atoms with Crippen LogP contribution in [0, 0.1) is 11.8 Å². The lowest BCUT2D eigenvalue weighted by atomic mass is 9.89. The van der Waals surface area contributed by atoms with Crippen LogP contribution in [0.15, 0.2) is 0 Å². The summed E-state index contributed by atoms with van der Waals surface area (Å²) >= 11 is 0. The van der Waals surface area contributed by atoms with Crippen LogP contribution in [0.3, 0.4) is 0 Å². The molecule has 110 valence electrons. The van der Waals surface area contributed by atoms with Crippen molar-refractivity contribution in [3.05, 3.63) is 0 Å². The minimum Gasteiger partial charge on any atom is -0.341 e. The molecule has 2 aliphatic heterocycles. The number of likely N-dealkylation sites (tertiary alicyclic amines) is 1. The van der Waals surface area contributed by atoms with Gasteiger partial charge < -0.3 is 10.2 Å². The van der Waals surface area contributed by atoms with Crippen molar-refractivity contribution in [2.75, 3.05) is 45.8 Å². The number of piperazine rings is 1. The zero-order chi connectivity index (χ0) is 13.7. The summed E-state index contributed by atoms with van der Waals surface area (Å²) < 4.78 is 0. The standard InChI is InChI=1S/C15H29N3O/c1-13(2)14-3-4-15(19)18(8-5-14)12-11-17-9-6-16-7-10-17/h13-14,16H,3-12H2,1-2H3. The lowest BCUT2D eigenvalue weighted by molar-refractivity contribution is -0.130. The molecule has 0 spiro atoms. The van der Waals surface area contributed by atoms with Gasteiger partial charge in [0.2, 0.25) is 5.91 Å². The lowest BCUT2D eigenvalue weighted by Gasteiger charge is -2.30. The zero-order valence-corrected chi connectivity index (χ0v) is 12.5. The van der Waals surface area contributed by atoms with Gasteiger partial charge in [-0.1, -0.05) is 13.8 Å². The Morgan fingerprint density at radius 3 is 2.58 bits per heavy atom. The maximum absolute atomic E-state index is 12.2. The average Bonchev–Trinajstić information content (AvgIpc) is 2.60. The van der Waals surface area contributed by atoms with Gasteiger partial charge in [0.05, 0.1) is 0 Å². The highest BCUT2D eigenvalue weighted by molar-refractivity contribution is 5.76. The van der Waals surface area contributed by atoms with Crippen molar-refractivity contribution >= 4 is 5.91 Å². The van der Waals surface area contributed by atoms with Crippen LogP contribution >= 0.6 is 0 Å². The Labute approximate surface area is 117 Å². The van der Waals surface area contributed by atoms with Crippen LogP contribution in [-0.4, -0.2) is 61.5 Å². The van der Waals surface area contributed by atoms with E-state index in [2.05, 4.69) is 29.0 Å². The fourth-order valence-corrected chi connectivity index (χ4v) is 3.16. The second-order valence-electron chi connectivity index (χ2n) is 6.30. The quantitative estimate of drug-likeness (QED) is 0.831. The molecule has 2 saturated heterocycles. The van der Waals surface area contributed by atoms with Gasteiger partial charge in [0, 0.05) is 52.2 Å². The molecule has 0 saturated carbocycles. The fraction of sp³-hybridized carbons (Fsp3) is 0.933. The number of amides is 1. The number of carbonyl (C=O) groups excluding carboxylic acids is 1. The van der Waals surface area contributed by atoms with Crippen molar-refractivity contribution in [1.82, 2.24) is 15.1 Å². The highest BCUT2D eigenvalue weighted by atomic mass is 16.2. The number of rotatable bonds is 4. The molecule has 1 amide bonds. The van der Waals surface area contributed by atoms with E-state index in [1.54, 1.807) is 0 Å². The first-order valence-corrected chi connectivity index (χ1v) is 7.87. The normalized spacial score (nSPS) is 26.8. The topological polar surface area (TPSA) is 35.6 Å². The molecule has 1 N–H and O–H groups in total. The van der Waals surface area contributed by atoms with Gasteiger partial charge >= 0.3 is 0 Å². The summed E-state index contributed by atoms with van der Waals surface area (Å²) in [6.45, 7) is 11.9. The summed E-state index contributed by atoms with van der Waals surface area (Å²) in [6.07, 6.45) is 3.02. The van der Waals surface area contributed by atoms with Crippen molar-refractivity contribution in [1.29, 1.82) is 0 Å². The van der Waals surface area contributed by atoms with Gasteiger partial charge in [0.1, 0.15) is 0 Å². The fourth-order valence-electron chi connectivity index (χ4n) is 3.16. The van der Waals surface area contributed by atoms with E-state index in [1.807, 2.05) is 0 Å². The Bertz CT molecular complexity index is 287. The number of hydrogen-bond donors (Lipinski definition) is 1. The number of nitrogens with one attached hydrogen (secondary N) is 1. The molecule has 0 aromatic rings. The van der Waals surface area contributed by atoms with Crippen molar-refractivity contribution in [2.24, 2.45) is 11.8 Å². The van der Waals surface area contributed by atoms with Crippen molar-refractivity contribution in [3.63, 3.8) is 0 Å². The summed E-state index contributed by atoms with van der Waals surface area (Å²) in [7, 11) is 0. The van der Waals surface area contributed by atoms with Gasteiger partial charge in [-0.3, -0.25) is 9.69 Å². The Hall–Kier alpha value is -0.610. The summed E-state index contributed by atoms with van der Waals surface area (Å²) in [6, 6.07) is 0. The van der Waals surface area contributed by atoms with E-state index in [9.17, 15) is 4.79 Å². The van der Waals surface area contributed by atoms with Crippen LogP contribution < -0.4 is 5.32 Å². The van der Waals surface area contributed by atoms with E-state index >= 15 is 0 Å². The molecule has 2 aliphatic rings. The molecule has 0 aromatic heterocycles. The summed E-state index contributed by atoms with van der Waals surface area (Å²) in [5.74, 6) is 1.81. The van der Waals surface area contributed by atoms with Crippen LogP contribution in [0.1, 0.15) is 33.1 Å². The maximum Gasteiger partial charge on any atom is 0.222 e. The predicted octanol–water partition coefficient (Wildman–Crippen LogP) is 1.18. The van der Waals surface area contributed by atoms with Crippen LogP contribution in [0.2, 0.25) is 0 Å². The van der Waals surface area contributed by atoms with Crippen LogP contribution in [-0.2, 0) is 4.79 Å². The molecule has 0 aliphatic carbocycles. The smallest absolute Gasteiger partial charge is 0.222 e. The first-order chi connectivity index (χ1) is 9.16. The molecule has 1 atom stereocenters.